The van der Waals surface area contributed by atoms with Gasteiger partial charge in [-0.2, -0.15) is 13.2 Å². The van der Waals surface area contributed by atoms with E-state index < -0.39 is 30.5 Å². The Morgan fingerprint density at radius 3 is 2.40 bits per heavy atom. The number of hydrogen-bond donors (Lipinski definition) is 1. The highest BCUT2D eigenvalue weighted by Crippen LogP contribution is 2.23. The van der Waals surface area contributed by atoms with Gasteiger partial charge >= 0.3 is 6.18 Å². The predicted molar refractivity (Wildman–Crippen MR) is 64.4 cm³/mol. The minimum Gasteiger partial charge on any atom is -0.372 e. The molecule has 0 spiro atoms. The molecule has 0 amide bonds. The Kier molecular flexibility index (Phi) is 5.88. The fourth-order valence-corrected chi connectivity index (χ4v) is 1.77. The second-order valence-electron chi connectivity index (χ2n) is 4.42. The van der Waals surface area contributed by atoms with Crippen LogP contribution >= 0.6 is 0 Å². The average molecular weight is 297 g/mol. The third-order valence-electron chi connectivity index (χ3n) is 2.82. The molecule has 0 radical (unpaired) electrons. The third-order valence-corrected chi connectivity index (χ3v) is 2.82. The van der Waals surface area contributed by atoms with Gasteiger partial charge < -0.3 is 10.1 Å². The van der Waals surface area contributed by atoms with Crippen LogP contribution < -0.4 is 5.32 Å². The first-order valence-electron chi connectivity index (χ1n) is 6.02. The highest BCUT2D eigenvalue weighted by atomic mass is 19.4. The van der Waals surface area contributed by atoms with E-state index in [0.717, 1.165) is 12.1 Å². The van der Waals surface area contributed by atoms with Gasteiger partial charge in [0.15, 0.2) is 0 Å². The molecule has 1 rings (SSSR count). The molecule has 0 saturated heterocycles. The first-order chi connectivity index (χ1) is 9.24. The van der Waals surface area contributed by atoms with E-state index in [2.05, 4.69) is 10.1 Å². The third kappa shape index (κ3) is 5.05. The molecular formula is C13H16F5NO. The molecule has 0 bridgehead atoms. The molecule has 1 atom stereocenters. The molecule has 0 heterocycles. The normalized spacial score (nSPS) is 13.6. The van der Waals surface area contributed by atoms with Crippen LogP contribution in [0.25, 0.3) is 0 Å². The zero-order valence-electron chi connectivity index (χ0n) is 11.2. The molecule has 0 aliphatic rings. The van der Waals surface area contributed by atoms with Crippen molar-refractivity contribution >= 4 is 0 Å². The van der Waals surface area contributed by atoms with Gasteiger partial charge in [-0.25, -0.2) is 8.78 Å². The zero-order valence-corrected chi connectivity index (χ0v) is 11.2. The van der Waals surface area contributed by atoms with Gasteiger partial charge in [0.1, 0.15) is 18.2 Å². The molecule has 114 valence electrons. The van der Waals surface area contributed by atoms with E-state index in [1.165, 1.54) is 14.0 Å². The van der Waals surface area contributed by atoms with Gasteiger partial charge in [-0.3, -0.25) is 0 Å². The second kappa shape index (κ2) is 6.99. The van der Waals surface area contributed by atoms with Gasteiger partial charge in [0.2, 0.25) is 0 Å². The van der Waals surface area contributed by atoms with Gasteiger partial charge in [0.25, 0.3) is 0 Å². The summed E-state index contributed by atoms with van der Waals surface area (Å²) in [6, 6.07) is 1.50. The van der Waals surface area contributed by atoms with Crippen LogP contribution in [0.5, 0.6) is 0 Å². The molecule has 0 fully saturated rings. The Hall–Kier alpha value is -1.21. The summed E-state index contributed by atoms with van der Waals surface area (Å²) in [6.45, 7) is -0.128. The molecule has 1 aromatic carbocycles. The van der Waals surface area contributed by atoms with Gasteiger partial charge in [-0.15, -0.1) is 0 Å². The number of nitrogens with one attached hydrogen (secondary N) is 1. The lowest BCUT2D eigenvalue weighted by Crippen LogP contribution is -2.22. The molecule has 0 aliphatic carbocycles. The van der Waals surface area contributed by atoms with E-state index in [0.29, 0.717) is 0 Å². The Morgan fingerprint density at radius 1 is 1.20 bits per heavy atom. The summed E-state index contributed by atoms with van der Waals surface area (Å²) in [5.74, 6) is -1.16. The SMILES string of the molecule is CNC(CCOCC(F)(F)F)c1cc(F)c(C)cc1F. The zero-order chi connectivity index (χ0) is 15.3. The Balaban J connectivity index is 2.65. The maximum atomic E-state index is 13.7. The quantitative estimate of drug-likeness (QED) is 0.641. The minimum atomic E-state index is -4.39. The maximum absolute atomic E-state index is 13.7. The monoisotopic (exact) mass is 297 g/mol. The first-order valence-corrected chi connectivity index (χ1v) is 6.02. The lowest BCUT2D eigenvalue weighted by atomic mass is 10.0. The fourth-order valence-electron chi connectivity index (χ4n) is 1.77. The summed E-state index contributed by atoms with van der Waals surface area (Å²) in [7, 11) is 1.52. The van der Waals surface area contributed by atoms with Gasteiger partial charge in [-0.05, 0) is 38.1 Å². The van der Waals surface area contributed by atoms with Crippen molar-refractivity contribution in [2.45, 2.75) is 25.6 Å². The second-order valence-corrected chi connectivity index (χ2v) is 4.42. The molecule has 20 heavy (non-hydrogen) atoms. The van der Waals surface area contributed by atoms with Crippen molar-refractivity contribution in [1.29, 1.82) is 0 Å². The standard InChI is InChI=1S/C13H16F5NO/c1-8-5-11(15)9(6-10(8)14)12(19-2)3-4-20-7-13(16,17)18/h5-6,12,19H,3-4,7H2,1-2H3. The lowest BCUT2D eigenvalue weighted by Gasteiger charge is -2.18. The van der Waals surface area contributed by atoms with E-state index in [9.17, 15) is 22.0 Å². The summed E-state index contributed by atoms with van der Waals surface area (Å²) in [5, 5.41) is 2.74. The van der Waals surface area contributed by atoms with Crippen molar-refractivity contribution in [3.05, 3.63) is 34.9 Å². The Labute approximate surface area is 113 Å². The van der Waals surface area contributed by atoms with E-state index >= 15 is 0 Å². The van der Waals surface area contributed by atoms with Crippen LogP contribution in [0, 0.1) is 18.6 Å². The number of rotatable bonds is 6. The van der Waals surface area contributed by atoms with Crippen molar-refractivity contribution in [2.75, 3.05) is 20.3 Å². The van der Waals surface area contributed by atoms with Crippen molar-refractivity contribution in [3.8, 4) is 0 Å². The van der Waals surface area contributed by atoms with Crippen molar-refractivity contribution < 1.29 is 26.7 Å². The Bertz CT molecular complexity index is 447. The number of halogens is 5. The largest absolute Gasteiger partial charge is 0.411 e. The van der Waals surface area contributed by atoms with Crippen LogP contribution in [0.3, 0.4) is 0 Å². The molecule has 2 nitrogen and oxygen atoms in total. The van der Waals surface area contributed by atoms with Crippen LogP contribution in [0.15, 0.2) is 12.1 Å². The predicted octanol–water partition coefficient (Wildman–Crippen LogP) is 3.50. The summed E-state index contributed by atoms with van der Waals surface area (Å²) >= 11 is 0. The molecule has 1 N–H and O–H groups in total. The average Bonchev–Trinajstić information content (AvgIpc) is 2.33. The number of benzene rings is 1. The summed E-state index contributed by atoms with van der Waals surface area (Å²) < 4.78 is 67.3. The van der Waals surface area contributed by atoms with Gasteiger partial charge in [-0.1, -0.05) is 0 Å². The van der Waals surface area contributed by atoms with Crippen molar-refractivity contribution in [2.24, 2.45) is 0 Å². The summed E-state index contributed by atoms with van der Waals surface area (Å²) in [4.78, 5) is 0. The number of ether oxygens (including phenoxy) is 1. The van der Waals surface area contributed by atoms with E-state index in [1.807, 2.05) is 0 Å². The number of aryl methyl sites for hydroxylation is 1. The molecule has 0 aromatic heterocycles. The van der Waals surface area contributed by atoms with E-state index in [-0.39, 0.29) is 24.2 Å². The van der Waals surface area contributed by atoms with Crippen LogP contribution in [-0.2, 0) is 4.74 Å². The minimum absolute atomic E-state index is 0.0752. The van der Waals surface area contributed by atoms with Crippen LogP contribution in [-0.4, -0.2) is 26.4 Å². The van der Waals surface area contributed by atoms with Crippen LogP contribution in [0.4, 0.5) is 22.0 Å². The summed E-state index contributed by atoms with van der Waals surface area (Å²) in [6.07, 6.45) is -4.29. The highest BCUT2D eigenvalue weighted by molar-refractivity contribution is 5.27. The fraction of sp³-hybridized carbons (Fsp3) is 0.538. The molecule has 0 aliphatic heterocycles. The lowest BCUT2D eigenvalue weighted by molar-refractivity contribution is -0.174. The summed E-state index contributed by atoms with van der Waals surface area (Å²) in [5.41, 5.74) is 0.251. The van der Waals surface area contributed by atoms with Crippen LogP contribution in [0.1, 0.15) is 23.6 Å². The van der Waals surface area contributed by atoms with Crippen molar-refractivity contribution in [3.63, 3.8) is 0 Å². The maximum Gasteiger partial charge on any atom is 0.411 e. The van der Waals surface area contributed by atoms with Crippen molar-refractivity contribution in [1.82, 2.24) is 5.32 Å². The molecule has 0 saturated carbocycles. The van der Waals surface area contributed by atoms with Gasteiger partial charge in [0.05, 0.1) is 0 Å². The topological polar surface area (TPSA) is 21.3 Å². The van der Waals surface area contributed by atoms with E-state index in [1.54, 1.807) is 0 Å². The highest BCUT2D eigenvalue weighted by Gasteiger charge is 2.27. The van der Waals surface area contributed by atoms with Gasteiger partial charge in [0, 0.05) is 18.2 Å². The molecule has 7 heteroatoms. The molecule has 1 unspecified atom stereocenters. The van der Waals surface area contributed by atoms with E-state index in [4.69, 9.17) is 0 Å². The number of alkyl halides is 3. The molecular weight excluding hydrogens is 281 g/mol. The first kappa shape index (κ1) is 16.8. The smallest absolute Gasteiger partial charge is 0.372 e. The number of hydrogen-bond acceptors (Lipinski definition) is 2. The molecule has 1 aromatic rings. The van der Waals surface area contributed by atoms with Crippen LogP contribution in [0.2, 0.25) is 0 Å². The Morgan fingerprint density at radius 2 is 1.85 bits per heavy atom.